The maximum atomic E-state index is 13.5. The van der Waals surface area contributed by atoms with E-state index < -0.39 is 0 Å². The lowest BCUT2D eigenvalue weighted by atomic mass is 9.98. The highest BCUT2D eigenvalue weighted by Crippen LogP contribution is 2.34. The SMILES string of the molecule is CCCNC(=O)N(CCOC)CC(=O)N1N=C(c2ccc(OC)cc2)CC1c1ccc(OC)cc1. The van der Waals surface area contributed by atoms with Crippen molar-refractivity contribution in [3.63, 3.8) is 0 Å². The van der Waals surface area contributed by atoms with Gasteiger partial charge in [-0.2, -0.15) is 5.10 Å². The maximum Gasteiger partial charge on any atom is 0.317 e. The first-order chi connectivity index (χ1) is 17.0. The second-order valence-electron chi connectivity index (χ2n) is 8.15. The molecule has 3 amide bonds. The standard InChI is InChI=1S/C26H34N4O5/c1-5-14-27-26(32)29(15-16-33-2)18-25(31)30-24(20-8-12-22(35-4)13-9-20)17-23(28-30)19-6-10-21(34-3)11-7-19/h6-13,24H,5,14-18H2,1-4H3,(H,27,32). The van der Waals surface area contributed by atoms with Crippen LogP contribution >= 0.6 is 0 Å². The Morgan fingerprint density at radius 2 is 1.66 bits per heavy atom. The molecule has 0 radical (unpaired) electrons. The van der Waals surface area contributed by atoms with Crippen LogP contribution in [0.15, 0.2) is 53.6 Å². The maximum absolute atomic E-state index is 13.5. The Bertz CT molecular complexity index is 1010. The van der Waals surface area contributed by atoms with E-state index in [4.69, 9.17) is 19.3 Å². The number of carbonyl (C=O) groups is 2. The van der Waals surface area contributed by atoms with Crippen LogP contribution in [0.4, 0.5) is 4.79 Å². The van der Waals surface area contributed by atoms with Crippen molar-refractivity contribution >= 4 is 17.6 Å². The summed E-state index contributed by atoms with van der Waals surface area (Å²) in [5.41, 5.74) is 2.64. The van der Waals surface area contributed by atoms with Crippen molar-refractivity contribution in [2.75, 3.05) is 47.6 Å². The molecule has 0 fully saturated rings. The van der Waals surface area contributed by atoms with E-state index in [1.165, 1.54) is 9.91 Å². The average Bonchev–Trinajstić information content (AvgIpc) is 3.35. The van der Waals surface area contributed by atoms with Gasteiger partial charge in [-0.25, -0.2) is 9.80 Å². The summed E-state index contributed by atoms with van der Waals surface area (Å²) in [7, 11) is 4.80. The van der Waals surface area contributed by atoms with Gasteiger partial charge in [0.15, 0.2) is 0 Å². The zero-order valence-electron chi connectivity index (χ0n) is 20.8. The van der Waals surface area contributed by atoms with Crippen LogP contribution < -0.4 is 14.8 Å². The number of nitrogens with one attached hydrogen (secondary N) is 1. The van der Waals surface area contributed by atoms with Crippen molar-refractivity contribution in [3.8, 4) is 11.5 Å². The van der Waals surface area contributed by atoms with E-state index >= 15 is 0 Å². The Balaban J connectivity index is 1.87. The topological polar surface area (TPSA) is 92.7 Å². The number of benzene rings is 2. The van der Waals surface area contributed by atoms with E-state index in [0.29, 0.717) is 26.1 Å². The zero-order chi connectivity index (χ0) is 25.2. The van der Waals surface area contributed by atoms with Gasteiger partial charge in [-0.15, -0.1) is 0 Å². The van der Waals surface area contributed by atoms with Gasteiger partial charge in [-0.3, -0.25) is 4.79 Å². The summed E-state index contributed by atoms with van der Waals surface area (Å²) in [6.07, 6.45) is 1.35. The molecule has 2 aromatic carbocycles. The summed E-state index contributed by atoms with van der Waals surface area (Å²) in [4.78, 5) is 27.6. The molecule has 35 heavy (non-hydrogen) atoms. The lowest BCUT2D eigenvalue weighted by Gasteiger charge is -2.27. The molecule has 0 bridgehead atoms. The first kappa shape index (κ1) is 26.0. The third-order valence-electron chi connectivity index (χ3n) is 5.79. The molecule has 1 atom stereocenters. The second kappa shape index (κ2) is 12.8. The molecule has 1 heterocycles. The Kier molecular flexibility index (Phi) is 9.48. The highest BCUT2D eigenvalue weighted by atomic mass is 16.5. The van der Waals surface area contributed by atoms with E-state index in [9.17, 15) is 9.59 Å². The molecule has 1 aliphatic heterocycles. The number of nitrogens with zero attached hydrogens (tertiary/aromatic N) is 3. The molecule has 9 heteroatoms. The lowest BCUT2D eigenvalue weighted by Crippen LogP contribution is -2.47. The monoisotopic (exact) mass is 482 g/mol. The number of rotatable bonds is 11. The molecule has 1 N–H and O–H groups in total. The van der Waals surface area contributed by atoms with Crippen molar-refractivity contribution in [2.45, 2.75) is 25.8 Å². The molecule has 1 aliphatic rings. The Labute approximate surface area is 206 Å². The van der Waals surface area contributed by atoms with Crippen molar-refractivity contribution in [3.05, 3.63) is 59.7 Å². The number of hydrazone groups is 1. The van der Waals surface area contributed by atoms with Gasteiger partial charge in [-0.1, -0.05) is 19.1 Å². The minimum absolute atomic E-state index is 0.106. The predicted molar refractivity (Wildman–Crippen MR) is 134 cm³/mol. The smallest absolute Gasteiger partial charge is 0.317 e. The van der Waals surface area contributed by atoms with Gasteiger partial charge in [0.2, 0.25) is 0 Å². The summed E-state index contributed by atoms with van der Waals surface area (Å²) in [5, 5.41) is 9.04. The van der Waals surface area contributed by atoms with Crippen LogP contribution in [0.5, 0.6) is 11.5 Å². The van der Waals surface area contributed by atoms with Gasteiger partial charge in [0.05, 0.1) is 32.6 Å². The number of ether oxygens (including phenoxy) is 3. The molecular formula is C26H34N4O5. The van der Waals surface area contributed by atoms with Crippen molar-refractivity contribution in [1.29, 1.82) is 0 Å². The third kappa shape index (κ3) is 6.73. The van der Waals surface area contributed by atoms with Crippen LogP contribution in [0.25, 0.3) is 0 Å². The summed E-state index contributed by atoms with van der Waals surface area (Å²) in [6, 6.07) is 14.6. The highest BCUT2D eigenvalue weighted by molar-refractivity contribution is 6.03. The fourth-order valence-electron chi connectivity index (χ4n) is 3.82. The van der Waals surface area contributed by atoms with Crippen molar-refractivity contribution < 1.29 is 23.8 Å². The number of urea groups is 1. The predicted octanol–water partition coefficient (Wildman–Crippen LogP) is 3.45. The van der Waals surface area contributed by atoms with Crippen LogP contribution in [0.1, 0.15) is 36.9 Å². The van der Waals surface area contributed by atoms with E-state index in [0.717, 1.165) is 34.8 Å². The van der Waals surface area contributed by atoms with Gasteiger partial charge in [0.1, 0.15) is 18.0 Å². The molecule has 9 nitrogen and oxygen atoms in total. The Hall–Kier alpha value is -3.59. The molecule has 0 saturated carbocycles. The average molecular weight is 483 g/mol. The minimum atomic E-state index is -0.298. The number of carbonyl (C=O) groups excluding carboxylic acids is 2. The molecule has 0 spiro atoms. The van der Waals surface area contributed by atoms with Crippen LogP contribution in [0, 0.1) is 0 Å². The first-order valence-electron chi connectivity index (χ1n) is 11.7. The third-order valence-corrected chi connectivity index (χ3v) is 5.79. The quantitative estimate of drug-likeness (QED) is 0.530. The van der Waals surface area contributed by atoms with Gasteiger partial charge < -0.3 is 24.4 Å². The molecule has 0 aliphatic carbocycles. The zero-order valence-corrected chi connectivity index (χ0v) is 20.8. The van der Waals surface area contributed by atoms with Crippen LogP contribution in [0.2, 0.25) is 0 Å². The first-order valence-corrected chi connectivity index (χ1v) is 11.7. The minimum Gasteiger partial charge on any atom is -0.497 e. The van der Waals surface area contributed by atoms with Crippen LogP contribution in [-0.4, -0.2) is 75.1 Å². The van der Waals surface area contributed by atoms with Gasteiger partial charge in [-0.05, 0) is 53.9 Å². The van der Waals surface area contributed by atoms with Gasteiger partial charge in [0, 0.05) is 26.6 Å². The molecule has 2 aromatic rings. The summed E-state index contributed by atoms with van der Waals surface area (Å²) in [6.45, 7) is 3.03. The van der Waals surface area contributed by atoms with Gasteiger partial charge >= 0.3 is 6.03 Å². The molecule has 1 unspecified atom stereocenters. The second-order valence-corrected chi connectivity index (χ2v) is 8.15. The fourth-order valence-corrected chi connectivity index (χ4v) is 3.82. The molecule has 0 saturated heterocycles. The molecular weight excluding hydrogens is 448 g/mol. The number of hydrogen-bond acceptors (Lipinski definition) is 6. The van der Waals surface area contributed by atoms with E-state index in [1.807, 2.05) is 55.5 Å². The van der Waals surface area contributed by atoms with E-state index in [1.54, 1.807) is 21.3 Å². The fraction of sp³-hybridized carbons (Fsp3) is 0.423. The number of amides is 3. The van der Waals surface area contributed by atoms with Gasteiger partial charge in [0.25, 0.3) is 5.91 Å². The van der Waals surface area contributed by atoms with Crippen LogP contribution in [0.3, 0.4) is 0 Å². The highest BCUT2D eigenvalue weighted by Gasteiger charge is 2.34. The number of hydrogen-bond donors (Lipinski definition) is 1. The van der Waals surface area contributed by atoms with Crippen LogP contribution in [-0.2, 0) is 9.53 Å². The summed E-state index contributed by atoms with van der Waals surface area (Å²) in [5.74, 6) is 1.22. The summed E-state index contributed by atoms with van der Waals surface area (Å²) < 4.78 is 15.7. The normalized spacial score (nSPS) is 14.9. The summed E-state index contributed by atoms with van der Waals surface area (Å²) >= 11 is 0. The lowest BCUT2D eigenvalue weighted by molar-refractivity contribution is -0.133. The Morgan fingerprint density at radius 3 is 2.23 bits per heavy atom. The van der Waals surface area contributed by atoms with Crippen molar-refractivity contribution in [2.24, 2.45) is 5.10 Å². The van der Waals surface area contributed by atoms with E-state index in [-0.39, 0.29) is 24.5 Å². The molecule has 188 valence electrons. The molecule has 0 aromatic heterocycles. The molecule has 3 rings (SSSR count). The number of methoxy groups -OCH3 is 3. The Morgan fingerprint density at radius 1 is 1.03 bits per heavy atom. The largest absolute Gasteiger partial charge is 0.497 e. The van der Waals surface area contributed by atoms with E-state index in [2.05, 4.69) is 5.32 Å². The van der Waals surface area contributed by atoms with Crippen molar-refractivity contribution in [1.82, 2.24) is 15.2 Å².